The van der Waals surface area contributed by atoms with Gasteiger partial charge in [-0.25, -0.2) is 17.2 Å². The molecule has 2 aromatic rings. The van der Waals surface area contributed by atoms with Crippen LogP contribution in [0.5, 0.6) is 0 Å². The normalized spacial score (nSPS) is 18.0. The predicted octanol–water partition coefficient (Wildman–Crippen LogP) is 3.40. The minimum absolute atomic E-state index is 0.0765. The number of nitrogens with zero attached hydrogens (tertiary/aromatic N) is 2. The Balaban J connectivity index is 1.92. The molecule has 0 saturated carbocycles. The topological polar surface area (TPSA) is 57.7 Å². The van der Waals surface area contributed by atoms with Crippen LogP contribution in [0.15, 0.2) is 41.3 Å². The molecule has 1 amide bonds. The Morgan fingerprint density at radius 2 is 1.75 bits per heavy atom. The number of piperidine rings is 1. The highest BCUT2D eigenvalue weighted by Crippen LogP contribution is 2.31. The number of halogens is 2. The van der Waals surface area contributed by atoms with Gasteiger partial charge in [0, 0.05) is 37.8 Å². The van der Waals surface area contributed by atoms with E-state index in [1.54, 1.807) is 4.90 Å². The van der Waals surface area contributed by atoms with Gasteiger partial charge >= 0.3 is 0 Å². The van der Waals surface area contributed by atoms with Gasteiger partial charge in [0.15, 0.2) is 0 Å². The van der Waals surface area contributed by atoms with E-state index in [9.17, 15) is 22.0 Å². The van der Waals surface area contributed by atoms with E-state index in [0.717, 1.165) is 33.3 Å². The van der Waals surface area contributed by atoms with Gasteiger partial charge in [0.25, 0.3) is 0 Å². The van der Waals surface area contributed by atoms with Crippen molar-refractivity contribution in [3.8, 4) is 0 Å². The fourth-order valence-corrected chi connectivity index (χ4v) is 5.03. The molecule has 0 unspecified atom stereocenters. The smallest absolute Gasteiger partial charge is 0.246 e. The average molecular weight is 408 g/mol. The van der Waals surface area contributed by atoms with Gasteiger partial charge in [0.1, 0.15) is 16.5 Å². The summed E-state index contributed by atoms with van der Waals surface area (Å²) >= 11 is 0. The van der Waals surface area contributed by atoms with Crippen molar-refractivity contribution in [2.75, 3.05) is 18.5 Å². The van der Waals surface area contributed by atoms with Gasteiger partial charge in [-0.2, -0.15) is 4.31 Å². The van der Waals surface area contributed by atoms with Crippen molar-refractivity contribution in [3.63, 3.8) is 0 Å². The Hall–Kier alpha value is -2.32. The standard InChI is InChI=1S/C20H22F2N2O3S/c1-13-5-4-6-14(2)20(13)24-12-16(8-10-19(24)25)23(3)28(26,27)18-9-7-15(21)11-17(18)22/h4-7,9,11,16H,8,10,12H2,1-3H3/t16-/m0/s1. The molecule has 1 heterocycles. The maximum atomic E-state index is 14.1. The first-order valence-corrected chi connectivity index (χ1v) is 10.4. The van der Waals surface area contributed by atoms with Gasteiger partial charge < -0.3 is 4.90 Å². The van der Waals surface area contributed by atoms with Gasteiger partial charge in [-0.15, -0.1) is 0 Å². The number of anilines is 1. The molecule has 0 bridgehead atoms. The lowest BCUT2D eigenvalue weighted by Crippen LogP contribution is -2.51. The number of carbonyl (C=O) groups excluding carboxylic acids is 1. The summed E-state index contributed by atoms with van der Waals surface area (Å²) in [7, 11) is -2.81. The number of sulfonamides is 1. The number of para-hydroxylation sites is 1. The molecular weight excluding hydrogens is 386 g/mol. The zero-order chi connectivity index (χ0) is 20.6. The SMILES string of the molecule is Cc1cccc(C)c1N1C[C@@H](N(C)S(=O)(=O)c2ccc(F)cc2F)CCC1=O. The molecule has 0 spiro atoms. The molecule has 0 N–H and O–H groups in total. The zero-order valence-electron chi connectivity index (χ0n) is 15.9. The van der Waals surface area contributed by atoms with Crippen LogP contribution in [0.3, 0.4) is 0 Å². The highest BCUT2D eigenvalue weighted by atomic mass is 32.2. The first-order valence-electron chi connectivity index (χ1n) is 8.92. The van der Waals surface area contributed by atoms with Crippen molar-refractivity contribution in [1.29, 1.82) is 0 Å². The van der Waals surface area contributed by atoms with Crippen LogP contribution in [0.1, 0.15) is 24.0 Å². The van der Waals surface area contributed by atoms with Gasteiger partial charge in [0.05, 0.1) is 0 Å². The van der Waals surface area contributed by atoms with Crippen LogP contribution < -0.4 is 4.90 Å². The summed E-state index contributed by atoms with van der Waals surface area (Å²) < 4.78 is 54.1. The molecule has 8 heteroatoms. The maximum absolute atomic E-state index is 14.1. The van der Waals surface area contributed by atoms with Gasteiger partial charge in [-0.05, 0) is 43.5 Å². The molecule has 28 heavy (non-hydrogen) atoms. The van der Waals surface area contributed by atoms with Crippen molar-refractivity contribution in [2.45, 2.75) is 37.6 Å². The third-order valence-corrected chi connectivity index (χ3v) is 7.10. The molecular formula is C20H22F2N2O3S. The minimum atomic E-state index is -4.18. The second-order valence-corrected chi connectivity index (χ2v) is 9.00. The van der Waals surface area contributed by atoms with Crippen LogP contribution in [-0.2, 0) is 14.8 Å². The molecule has 3 rings (SSSR count). The van der Waals surface area contributed by atoms with Crippen LogP contribution in [0.4, 0.5) is 14.5 Å². The van der Waals surface area contributed by atoms with Crippen molar-refractivity contribution < 1.29 is 22.0 Å². The van der Waals surface area contributed by atoms with Crippen molar-refractivity contribution >= 4 is 21.6 Å². The minimum Gasteiger partial charge on any atom is -0.310 e. The van der Waals surface area contributed by atoms with E-state index >= 15 is 0 Å². The van der Waals surface area contributed by atoms with Gasteiger partial charge in [-0.3, -0.25) is 4.79 Å². The second kappa shape index (κ2) is 7.60. The summed E-state index contributed by atoms with van der Waals surface area (Å²) in [5.41, 5.74) is 2.61. The number of aryl methyl sites for hydroxylation is 2. The average Bonchev–Trinajstić information content (AvgIpc) is 2.62. The van der Waals surface area contributed by atoms with Crippen LogP contribution in [0, 0.1) is 25.5 Å². The third-order valence-electron chi connectivity index (χ3n) is 5.16. The summed E-state index contributed by atoms with van der Waals surface area (Å²) in [6.07, 6.45) is 0.517. The summed E-state index contributed by atoms with van der Waals surface area (Å²) in [4.78, 5) is 13.6. The lowest BCUT2D eigenvalue weighted by atomic mass is 10.0. The van der Waals surface area contributed by atoms with Crippen molar-refractivity contribution in [3.05, 3.63) is 59.2 Å². The lowest BCUT2D eigenvalue weighted by molar-refractivity contribution is -0.120. The third kappa shape index (κ3) is 3.66. The van der Waals surface area contributed by atoms with Crippen LogP contribution >= 0.6 is 0 Å². The number of benzene rings is 2. The van der Waals surface area contributed by atoms with E-state index in [4.69, 9.17) is 0 Å². The fraction of sp³-hybridized carbons (Fsp3) is 0.350. The molecule has 1 fully saturated rings. The number of hydrogen-bond donors (Lipinski definition) is 0. The predicted molar refractivity (Wildman–Crippen MR) is 103 cm³/mol. The first kappa shape index (κ1) is 20.4. The Labute approximate surface area is 163 Å². The van der Waals surface area contributed by atoms with Crippen LogP contribution in [0.2, 0.25) is 0 Å². The molecule has 5 nitrogen and oxygen atoms in total. The van der Waals surface area contributed by atoms with Crippen molar-refractivity contribution in [1.82, 2.24) is 4.31 Å². The second-order valence-electron chi connectivity index (χ2n) is 7.03. The lowest BCUT2D eigenvalue weighted by Gasteiger charge is -2.38. The summed E-state index contributed by atoms with van der Waals surface area (Å²) in [5.74, 6) is -2.05. The van der Waals surface area contributed by atoms with Crippen LogP contribution in [-0.4, -0.2) is 38.3 Å². The highest BCUT2D eigenvalue weighted by molar-refractivity contribution is 7.89. The number of likely N-dealkylation sites (N-methyl/N-ethyl adjacent to an activating group) is 1. The van der Waals surface area contributed by atoms with Crippen LogP contribution in [0.25, 0.3) is 0 Å². The molecule has 1 aliphatic rings. The number of hydrogen-bond acceptors (Lipinski definition) is 3. The molecule has 0 aliphatic carbocycles. The highest BCUT2D eigenvalue weighted by Gasteiger charge is 2.36. The Morgan fingerprint density at radius 3 is 2.36 bits per heavy atom. The van der Waals surface area contributed by atoms with Gasteiger partial charge in [0.2, 0.25) is 15.9 Å². The number of rotatable bonds is 4. The first-order chi connectivity index (χ1) is 13.1. The molecule has 1 aliphatic heterocycles. The molecule has 150 valence electrons. The van der Waals surface area contributed by atoms with Crippen molar-refractivity contribution in [2.24, 2.45) is 0 Å². The van der Waals surface area contributed by atoms with E-state index in [1.807, 2.05) is 32.0 Å². The van der Waals surface area contributed by atoms with E-state index in [-0.39, 0.29) is 18.9 Å². The zero-order valence-corrected chi connectivity index (χ0v) is 16.8. The monoisotopic (exact) mass is 408 g/mol. The summed E-state index contributed by atoms with van der Waals surface area (Å²) in [6, 6.07) is 7.56. The Morgan fingerprint density at radius 1 is 1.11 bits per heavy atom. The summed E-state index contributed by atoms with van der Waals surface area (Å²) in [5, 5.41) is 0. The molecule has 1 atom stereocenters. The Bertz CT molecular complexity index is 1000. The number of carbonyl (C=O) groups is 1. The quantitative estimate of drug-likeness (QED) is 0.779. The van der Waals surface area contributed by atoms with E-state index < -0.39 is 32.6 Å². The largest absolute Gasteiger partial charge is 0.310 e. The number of amides is 1. The molecule has 0 aromatic heterocycles. The van der Waals surface area contributed by atoms with E-state index in [2.05, 4.69) is 0 Å². The fourth-order valence-electron chi connectivity index (χ4n) is 3.61. The molecule has 0 radical (unpaired) electrons. The van der Waals surface area contributed by atoms with E-state index in [0.29, 0.717) is 12.5 Å². The van der Waals surface area contributed by atoms with E-state index in [1.165, 1.54) is 7.05 Å². The summed E-state index contributed by atoms with van der Waals surface area (Å²) in [6.45, 7) is 3.96. The maximum Gasteiger partial charge on any atom is 0.246 e. The molecule has 2 aromatic carbocycles. The Kier molecular flexibility index (Phi) is 5.54. The van der Waals surface area contributed by atoms with Gasteiger partial charge in [-0.1, -0.05) is 18.2 Å². The molecule has 1 saturated heterocycles.